The van der Waals surface area contributed by atoms with Gasteiger partial charge in [0.15, 0.2) is 0 Å². The van der Waals surface area contributed by atoms with Crippen LogP contribution in [0.4, 0.5) is 0 Å². The van der Waals surface area contributed by atoms with Crippen LogP contribution >= 0.6 is 0 Å². The number of carbonyl (C=O) groups excluding carboxylic acids is 1. The molecule has 0 radical (unpaired) electrons. The standard InChI is InChI=1S/C19H25N5O/c1-22-10-2-4-17(22)18-5-3-11-24(18)19(25)16-8-6-15(7-9-16)12-23-14-20-13-21-23/h6-9,13-14,17-18H,2-5,10-12H2,1H3/t17-,18-/m1/s1. The Hall–Kier alpha value is -2.21. The maximum absolute atomic E-state index is 13.0. The normalized spacial score (nSPS) is 24.1. The number of aromatic nitrogens is 3. The summed E-state index contributed by atoms with van der Waals surface area (Å²) in [5.74, 6) is 0.176. The molecule has 3 heterocycles. The first-order valence-corrected chi connectivity index (χ1v) is 9.15. The summed E-state index contributed by atoms with van der Waals surface area (Å²) in [6.07, 6.45) is 7.94. The van der Waals surface area contributed by atoms with Gasteiger partial charge in [-0.3, -0.25) is 4.79 Å². The molecule has 1 aromatic carbocycles. The topological polar surface area (TPSA) is 54.3 Å². The Bertz CT molecular complexity index is 712. The maximum Gasteiger partial charge on any atom is 0.254 e. The fourth-order valence-corrected chi connectivity index (χ4v) is 4.29. The van der Waals surface area contributed by atoms with Gasteiger partial charge in [0, 0.05) is 24.2 Å². The van der Waals surface area contributed by atoms with E-state index in [1.807, 2.05) is 24.3 Å². The summed E-state index contributed by atoms with van der Waals surface area (Å²) < 4.78 is 1.78. The summed E-state index contributed by atoms with van der Waals surface area (Å²) in [5, 5.41) is 4.12. The molecule has 4 rings (SSSR count). The predicted octanol–water partition coefficient (Wildman–Crippen LogP) is 2.03. The molecule has 6 heteroatoms. The first kappa shape index (κ1) is 16.3. The first-order chi connectivity index (χ1) is 12.2. The van der Waals surface area contributed by atoms with Crippen LogP contribution in [-0.4, -0.2) is 62.7 Å². The van der Waals surface area contributed by atoms with Gasteiger partial charge in [-0.1, -0.05) is 12.1 Å². The molecule has 2 atom stereocenters. The summed E-state index contributed by atoms with van der Waals surface area (Å²) >= 11 is 0. The average Bonchev–Trinajstić information content (AvgIpc) is 3.36. The summed E-state index contributed by atoms with van der Waals surface area (Å²) in [6, 6.07) is 8.82. The van der Waals surface area contributed by atoms with Crippen molar-refractivity contribution in [2.45, 2.75) is 44.3 Å². The molecule has 0 N–H and O–H groups in total. The van der Waals surface area contributed by atoms with E-state index in [2.05, 4.69) is 26.9 Å². The van der Waals surface area contributed by atoms with Gasteiger partial charge < -0.3 is 9.80 Å². The molecule has 25 heavy (non-hydrogen) atoms. The molecular formula is C19H25N5O. The van der Waals surface area contributed by atoms with Crippen LogP contribution in [0, 0.1) is 0 Å². The lowest BCUT2D eigenvalue weighted by Crippen LogP contribution is -2.47. The van der Waals surface area contributed by atoms with Gasteiger partial charge in [-0.05, 0) is 57.0 Å². The van der Waals surface area contributed by atoms with Crippen molar-refractivity contribution in [1.82, 2.24) is 24.6 Å². The fraction of sp³-hybridized carbons (Fsp3) is 0.526. The molecule has 0 unspecified atom stereocenters. The Kier molecular flexibility index (Phi) is 4.53. The van der Waals surface area contributed by atoms with Crippen molar-refractivity contribution >= 4 is 5.91 Å². The molecule has 6 nitrogen and oxygen atoms in total. The van der Waals surface area contributed by atoms with Gasteiger partial charge in [0.2, 0.25) is 0 Å². The Labute approximate surface area is 148 Å². The average molecular weight is 339 g/mol. The minimum atomic E-state index is 0.176. The van der Waals surface area contributed by atoms with E-state index in [9.17, 15) is 4.79 Å². The molecular weight excluding hydrogens is 314 g/mol. The zero-order valence-corrected chi connectivity index (χ0v) is 14.7. The lowest BCUT2D eigenvalue weighted by molar-refractivity contribution is 0.0664. The second kappa shape index (κ2) is 6.96. The van der Waals surface area contributed by atoms with Crippen LogP contribution in [0.15, 0.2) is 36.9 Å². The van der Waals surface area contributed by atoms with Crippen molar-refractivity contribution in [3.05, 3.63) is 48.0 Å². The van der Waals surface area contributed by atoms with Crippen molar-refractivity contribution in [1.29, 1.82) is 0 Å². The van der Waals surface area contributed by atoms with E-state index in [0.29, 0.717) is 18.6 Å². The molecule has 1 aromatic heterocycles. The number of likely N-dealkylation sites (tertiary alicyclic amines) is 2. The predicted molar refractivity (Wildman–Crippen MR) is 95.3 cm³/mol. The number of carbonyl (C=O) groups is 1. The van der Waals surface area contributed by atoms with E-state index in [-0.39, 0.29) is 5.91 Å². The number of hydrogen-bond acceptors (Lipinski definition) is 4. The van der Waals surface area contributed by atoms with E-state index in [0.717, 1.165) is 37.1 Å². The van der Waals surface area contributed by atoms with Gasteiger partial charge in [0.1, 0.15) is 12.7 Å². The van der Waals surface area contributed by atoms with Gasteiger partial charge in [-0.15, -0.1) is 0 Å². The summed E-state index contributed by atoms with van der Waals surface area (Å²) in [7, 11) is 2.19. The summed E-state index contributed by atoms with van der Waals surface area (Å²) in [5.41, 5.74) is 1.91. The third-order valence-corrected chi connectivity index (χ3v) is 5.59. The Balaban J connectivity index is 1.46. The minimum Gasteiger partial charge on any atom is -0.334 e. The van der Waals surface area contributed by atoms with Crippen LogP contribution < -0.4 is 0 Å². The molecule has 2 aliphatic rings. The Morgan fingerprint density at radius 2 is 1.88 bits per heavy atom. The minimum absolute atomic E-state index is 0.176. The van der Waals surface area contributed by atoms with Gasteiger partial charge in [0.05, 0.1) is 6.54 Å². The lowest BCUT2D eigenvalue weighted by Gasteiger charge is -2.33. The summed E-state index contributed by atoms with van der Waals surface area (Å²) in [6.45, 7) is 2.71. The molecule has 132 valence electrons. The molecule has 1 amide bonds. The van der Waals surface area contributed by atoms with Crippen LogP contribution in [0.2, 0.25) is 0 Å². The third-order valence-electron chi connectivity index (χ3n) is 5.59. The Morgan fingerprint density at radius 3 is 2.56 bits per heavy atom. The second-order valence-corrected chi connectivity index (χ2v) is 7.19. The molecule has 0 bridgehead atoms. The highest BCUT2D eigenvalue weighted by molar-refractivity contribution is 5.94. The largest absolute Gasteiger partial charge is 0.334 e. The molecule has 2 fully saturated rings. The second-order valence-electron chi connectivity index (χ2n) is 7.19. The van der Waals surface area contributed by atoms with Crippen molar-refractivity contribution < 1.29 is 4.79 Å². The number of hydrogen-bond donors (Lipinski definition) is 0. The van der Waals surface area contributed by atoms with Crippen LogP contribution in [0.3, 0.4) is 0 Å². The zero-order valence-electron chi connectivity index (χ0n) is 14.7. The van der Waals surface area contributed by atoms with E-state index in [4.69, 9.17) is 0 Å². The number of nitrogens with zero attached hydrogens (tertiary/aromatic N) is 5. The van der Waals surface area contributed by atoms with Crippen molar-refractivity contribution in [3.8, 4) is 0 Å². The molecule has 2 saturated heterocycles. The summed E-state index contributed by atoms with van der Waals surface area (Å²) in [4.78, 5) is 21.5. The molecule has 0 aliphatic carbocycles. The molecule has 0 spiro atoms. The Morgan fingerprint density at radius 1 is 1.12 bits per heavy atom. The SMILES string of the molecule is CN1CCC[C@@H]1[C@H]1CCCN1C(=O)c1ccc(Cn2cncn2)cc1. The van der Waals surface area contributed by atoms with Gasteiger partial charge >= 0.3 is 0 Å². The van der Waals surface area contributed by atoms with Crippen LogP contribution in [-0.2, 0) is 6.54 Å². The van der Waals surface area contributed by atoms with E-state index >= 15 is 0 Å². The number of benzene rings is 1. The third kappa shape index (κ3) is 3.31. The number of likely N-dealkylation sites (N-methyl/N-ethyl adjacent to an activating group) is 1. The van der Waals surface area contributed by atoms with Crippen LogP contribution in [0.1, 0.15) is 41.6 Å². The molecule has 2 aliphatic heterocycles. The van der Waals surface area contributed by atoms with Gasteiger partial charge in [-0.25, -0.2) is 9.67 Å². The van der Waals surface area contributed by atoms with Crippen molar-refractivity contribution in [2.75, 3.05) is 20.1 Å². The number of rotatable bonds is 4. The quantitative estimate of drug-likeness (QED) is 0.855. The maximum atomic E-state index is 13.0. The first-order valence-electron chi connectivity index (χ1n) is 9.15. The van der Waals surface area contributed by atoms with E-state index < -0.39 is 0 Å². The van der Waals surface area contributed by atoms with Crippen molar-refractivity contribution in [3.63, 3.8) is 0 Å². The van der Waals surface area contributed by atoms with Crippen LogP contribution in [0.25, 0.3) is 0 Å². The van der Waals surface area contributed by atoms with Crippen molar-refractivity contribution in [2.24, 2.45) is 0 Å². The van der Waals surface area contributed by atoms with E-state index in [1.54, 1.807) is 11.0 Å². The van der Waals surface area contributed by atoms with Crippen LogP contribution in [0.5, 0.6) is 0 Å². The lowest BCUT2D eigenvalue weighted by atomic mass is 10.0. The smallest absolute Gasteiger partial charge is 0.254 e. The van der Waals surface area contributed by atoms with E-state index in [1.165, 1.54) is 19.2 Å². The fourth-order valence-electron chi connectivity index (χ4n) is 4.29. The highest BCUT2D eigenvalue weighted by Gasteiger charge is 2.38. The highest BCUT2D eigenvalue weighted by atomic mass is 16.2. The van der Waals surface area contributed by atoms with Gasteiger partial charge in [-0.2, -0.15) is 5.10 Å². The number of amides is 1. The molecule has 2 aromatic rings. The van der Waals surface area contributed by atoms with Gasteiger partial charge in [0.25, 0.3) is 5.91 Å². The zero-order chi connectivity index (χ0) is 17.2. The highest BCUT2D eigenvalue weighted by Crippen LogP contribution is 2.30. The molecule has 0 saturated carbocycles. The monoisotopic (exact) mass is 339 g/mol.